The highest BCUT2D eigenvalue weighted by molar-refractivity contribution is 5.74. The molecule has 1 aliphatic rings. The Labute approximate surface area is 131 Å². The molecule has 1 heterocycles. The van der Waals surface area contributed by atoms with Gasteiger partial charge in [-0.2, -0.15) is 0 Å². The van der Waals surface area contributed by atoms with Crippen molar-refractivity contribution in [2.75, 3.05) is 19.6 Å². The maximum atomic E-state index is 12.0. The number of carbonyl (C=O) groups excluding carboxylic acids is 1. The molecule has 0 aromatic rings. The Morgan fingerprint density at radius 1 is 0.952 bits per heavy atom. The molecule has 0 aromatic heterocycles. The standard InChI is InChI=1S/C18H36N2O/c1-3-4-5-6-7-8-9-10-11-14-19-18(21)20-15-12-17(2)13-16-20/h17H,3-16H2,1-2H3,(H,19,21). The number of nitrogens with one attached hydrogen (secondary N) is 1. The van der Waals surface area contributed by atoms with Crippen molar-refractivity contribution in [3.05, 3.63) is 0 Å². The molecular formula is C18H36N2O. The van der Waals surface area contributed by atoms with Crippen LogP contribution in [0.5, 0.6) is 0 Å². The van der Waals surface area contributed by atoms with Crippen LogP contribution >= 0.6 is 0 Å². The zero-order valence-electron chi connectivity index (χ0n) is 14.3. The van der Waals surface area contributed by atoms with E-state index in [9.17, 15) is 4.79 Å². The van der Waals surface area contributed by atoms with Gasteiger partial charge in [0.15, 0.2) is 0 Å². The van der Waals surface area contributed by atoms with Crippen LogP contribution in [0.15, 0.2) is 0 Å². The lowest BCUT2D eigenvalue weighted by molar-refractivity contribution is 0.174. The minimum Gasteiger partial charge on any atom is -0.338 e. The van der Waals surface area contributed by atoms with Gasteiger partial charge < -0.3 is 10.2 Å². The fraction of sp³-hybridized carbons (Fsp3) is 0.944. The maximum Gasteiger partial charge on any atom is 0.317 e. The monoisotopic (exact) mass is 296 g/mol. The van der Waals surface area contributed by atoms with Gasteiger partial charge in [0.1, 0.15) is 0 Å². The molecule has 0 aliphatic carbocycles. The molecule has 0 radical (unpaired) electrons. The van der Waals surface area contributed by atoms with Crippen molar-refractivity contribution >= 4 is 6.03 Å². The number of unbranched alkanes of at least 4 members (excludes halogenated alkanes) is 8. The Morgan fingerprint density at radius 2 is 1.48 bits per heavy atom. The van der Waals surface area contributed by atoms with E-state index in [1.54, 1.807) is 0 Å². The van der Waals surface area contributed by atoms with Crippen LogP contribution in [-0.4, -0.2) is 30.6 Å². The van der Waals surface area contributed by atoms with Crippen LogP contribution in [0.25, 0.3) is 0 Å². The highest BCUT2D eigenvalue weighted by Gasteiger charge is 2.19. The van der Waals surface area contributed by atoms with E-state index in [0.717, 1.165) is 44.8 Å². The van der Waals surface area contributed by atoms with E-state index in [2.05, 4.69) is 19.2 Å². The summed E-state index contributed by atoms with van der Waals surface area (Å²) in [7, 11) is 0. The highest BCUT2D eigenvalue weighted by Crippen LogP contribution is 2.15. The fourth-order valence-electron chi connectivity index (χ4n) is 2.95. The van der Waals surface area contributed by atoms with Crippen molar-refractivity contribution in [3.8, 4) is 0 Å². The summed E-state index contributed by atoms with van der Waals surface area (Å²) in [4.78, 5) is 13.9. The molecule has 21 heavy (non-hydrogen) atoms. The van der Waals surface area contributed by atoms with E-state index >= 15 is 0 Å². The number of hydrogen-bond donors (Lipinski definition) is 1. The van der Waals surface area contributed by atoms with E-state index in [1.807, 2.05) is 4.90 Å². The first kappa shape index (κ1) is 18.3. The first-order valence-corrected chi connectivity index (χ1v) is 9.26. The van der Waals surface area contributed by atoms with E-state index in [1.165, 1.54) is 51.4 Å². The van der Waals surface area contributed by atoms with Gasteiger partial charge in [-0.3, -0.25) is 0 Å². The Morgan fingerprint density at radius 3 is 2.05 bits per heavy atom. The highest BCUT2D eigenvalue weighted by atomic mass is 16.2. The Balaban J connectivity index is 1.86. The third-order valence-corrected chi connectivity index (χ3v) is 4.63. The average Bonchev–Trinajstić information content (AvgIpc) is 2.49. The van der Waals surface area contributed by atoms with Gasteiger partial charge in [0.05, 0.1) is 0 Å². The Hall–Kier alpha value is -0.730. The largest absolute Gasteiger partial charge is 0.338 e. The molecular weight excluding hydrogens is 260 g/mol. The summed E-state index contributed by atoms with van der Waals surface area (Å²) in [5.74, 6) is 0.784. The summed E-state index contributed by atoms with van der Waals surface area (Å²) in [5.41, 5.74) is 0. The van der Waals surface area contributed by atoms with Crippen molar-refractivity contribution in [2.24, 2.45) is 5.92 Å². The van der Waals surface area contributed by atoms with Crippen LogP contribution in [0.4, 0.5) is 4.79 Å². The summed E-state index contributed by atoms with van der Waals surface area (Å²) >= 11 is 0. The number of likely N-dealkylation sites (tertiary alicyclic amines) is 1. The van der Waals surface area contributed by atoms with Crippen molar-refractivity contribution in [1.82, 2.24) is 10.2 Å². The summed E-state index contributed by atoms with van der Waals surface area (Å²) in [6.07, 6.45) is 14.3. The minimum atomic E-state index is 0.154. The quantitative estimate of drug-likeness (QED) is 0.568. The molecule has 124 valence electrons. The summed E-state index contributed by atoms with van der Waals surface area (Å²) < 4.78 is 0. The number of nitrogens with zero attached hydrogens (tertiary/aromatic N) is 1. The number of rotatable bonds is 10. The minimum absolute atomic E-state index is 0.154. The first-order valence-electron chi connectivity index (χ1n) is 9.26. The van der Waals surface area contributed by atoms with Crippen LogP contribution in [0.2, 0.25) is 0 Å². The number of carbonyl (C=O) groups is 1. The van der Waals surface area contributed by atoms with Gasteiger partial charge in [0.25, 0.3) is 0 Å². The van der Waals surface area contributed by atoms with Crippen LogP contribution in [0.3, 0.4) is 0 Å². The van der Waals surface area contributed by atoms with Crippen molar-refractivity contribution in [3.63, 3.8) is 0 Å². The molecule has 1 saturated heterocycles. The van der Waals surface area contributed by atoms with E-state index < -0.39 is 0 Å². The maximum absolute atomic E-state index is 12.0. The van der Waals surface area contributed by atoms with Crippen LogP contribution in [0.1, 0.15) is 84.5 Å². The lowest BCUT2D eigenvalue weighted by atomic mass is 10.00. The SMILES string of the molecule is CCCCCCCCCCCNC(=O)N1CCC(C)CC1. The van der Waals surface area contributed by atoms with Crippen LogP contribution < -0.4 is 5.32 Å². The third-order valence-electron chi connectivity index (χ3n) is 4.63. The molecule has 1 fully saturated rings. The molecule has 3 nitrogen and oxygen atoms in total. The van der Waals surface area contributed by atoms with Crippen molar-refractivity contribution in [2.45, 2.75) is 84.5 Å². The smallest absolute Gasteiger partial charge is 0.317 e. The van der Waals surface area contributed by atoms with Gasteiger partial charge in [0, 0.05) is 19.6 Å². The second kappa shape index (κ2) is 11.9. The molecule has 0 saturated carbocycles. The number of hydrogen-bond acceptors (Lipinski definition) is 1. The zero-order valence-corrected chi connectivity index (χ0v) is 14.3. The number of piperidine rings is 1. The predicted octanol–water partition coefficient (Wildman–Crippen LogP) is 4.96. The van der Waals surface area contributed by atoms with E-state index in [4.69, 9.17) is 0 Å². The molecule has 1 N–H and O–H groups in total. The fourth-order valence-corrected chi connectivity index (χ4v) is 2.95. The van der Waals surface area contributed by atoms with Crippen molar-refractivity contribution < 1.29 is 4.79 Å². The van der Waals surface area contributed by atoms with E-state index in [-0.39, 0.29) is 6.03 Å². The lowest BCUT2D eigenvalue weighted by Gasteiger charge is -2.30. The summed E-state index contributed by atoms with van der Waals surface area (Å²) in [6, 6.07) is 0.154. The Bertz CT molecular complexity index is 260. The zero-order chi connectivity index (χ0) is 15.3. The number of amides is 2. The molecule has 0 atom stereocenters. The molecule has 2 amide bonds. The molecule has 0 unspecified atom stereocenters. The van der Waals surface area contributed by atoms with Crippen molar-refractivity contribution in [1.29, 1.82) is 0 Å². The van der Waals surface area contributed by atoms with Crippen LogP contribution in [0, 0.1) is 5.92 Å². The average molecular weight is 296 g/mol. The number of urea groups is 1. The Kier molecular flexibility index (Phi) is 10.4. The summed E-state index contributed by atoms with van der Waals surface area (Å²) in [5, 5.41) is 3.07. The first-order chi connectivity index (χ1) is 10.2. The topological polar surface area (TPSA) is 32.3 Å². The third kappa shape index (κ3) is 9.00. The van der Waals surface area contributed by atoms with Gasteiger partial charge in [-0.1, -0.05) is 65.2 Å². The van der Waals surface area contributed by atoms with Gasteiger partial charge in [-0.05, 0) is 25.2 Å². The second-order valence-electron chi connectivity index (χ2n) is 6.73. The van der Waals surface area contributed by atoms with Crippen LogP contribution in [-0.2, 0) is 0 Å². The van der Waals surface area contributed by atoms with Gasteiger partial charge >= 0.3 is 6.03 Å². The molecule has 1 aliphatic heterocycles. The van der Waals surface area contributed by atoms with E-state index in [0.29, 0.717) is 0 Å². The molecule has 3 heteroatoms. The van der Waals surface area contributed by atoms with Gasteiger partial charge in [-0.25, -0.2) is 4.79 Å². The van der Waals surface area contributed by atoms with Gasteiger partial charge in [0.2, 0.25) is 0 Å². The predicted molar refractivity (Wildman–Crippen MR) is 90.6 cm³/mol. The summed E-state index contributed by atoms with van der Waals surface area (Å²) in [6.45, 7) is 7.26. The molecule has 0 bridgehead atoms. The molecule has 0 aromatic carbocycles. The normalized spacial score (nSPS) is 16.2. The molecule has 0 spiro atoms. The molecule has 1 rings (SSSR count). The van der Waals surface area contributed by atoms with Gasteiger partial charge in [-0.15, -0.1) is 0 Å². The lowest BCUT2D eigenvalue weighted by Crippen LogP contribution is -2.44. The second-order valence-corrected chi connectivity index (χ2v) is 6.73.